The molecule has 1 aromatic carbocycles. The SMILES string of the molecule is CCC(C)n1ccc(COc2cc(Cl)ccc2Cl)n1. The van der Waals surface area contributed by atoms with Crippen molar-refractivity contribution in [1.82, 2.24) is 9.78 Å². The van der Waals surface area contributed by atoms with Gasteiger partial charge in [-0.1, -0.05) is 30.1 Å². The van der Waals surface area contributed by atoms with Crippen LogP contribution in [0.25, 0.3) is 0 Å². The maximum atomic E-state index is 6.03. The second-order valence-electron chi connectivity index (χ2n) is 4.41. The van der Waals surface area contributed by atoms with Crippen LogP contribution in [0.4, 0.5) is 0 Å². The van der Waals surface area contributed by atoms with Crippen LogP contribution in [0, 0.1) is 0 Å². The van der Waals surface area contributed by atoms with Gasteiger partial charge in [0.15, 0.2) is 0 Å². The summed E-state index contributed by atoms with van der Waals surface area (Å²) in [7, 11) is 0. The average molecular weight is 299 g/mol. The summed E-state index contributed by atoms with van der Waals surface area (Å²) in [5.41, 5.74) is 0.872. The first-order chi connectivity index (χ1) is 9.10. The Morgan fingerprint density at radius 1 is 1.32 bits per heavy atom. The summed E-state index contributed by atoms with van der Waals surface area (Å²) >= 11 is 11.9. The number of hydrogen-bond donors (Lipinski definition) is 0. The van der Waals surface area contributed by atoms with Gasteiger partial charge in [0.05, 0.1) is 10.7 Å². The molecule has 2 aromatic rings. The van der Waals surface area contributed by atoms with E-state index in [0.29, 0.717) is 28.4 Å². The number of nitrogens with zero attached hydrogens (tertiary/aromatic N) is 2. The fourth-order valence-electron chi connectivity index (χ4n) is 1.63. The van der Waals surface area contributed by atoms with Crippen LogP contribution in [0.5, 0.6) is 5.75 Å². The molecule has 0 fully saturated rings. The van der Waals surface area contributed by atoms with E-state index in [0.717, 1.165) is 12.1 Å². The van der Waals surface area contributed by atoms with Crippen molar-refractivity contribution in [1.29, 1.82) is 0 Å². The molecule has 1 unspecified atom stereocenters. The van der Waals surface area contributed by atoms with Gasteiger partial charge < -0.3 is 4.74 Å². The van der Waals surface area contributed by atoms with E-state index in [1.54, 1.807) is 18.2 Å². The van der Waals surface area contributed by atoms with Gasteiger partial charge in [0.1, 0.15) is 12.4 Å². The van der Waals surface area contributed by atoms with E-state index in [9.17, 15) is 0 Å². The molecule has 1 heterocycles. The lowest BCUT2D eigenvalue weighted by molar-refractivity contribution is 0.298. The van der Waals surface area contributed by atoms with Crippen LogP contribution < -0.4 is 4.74 Å². The first kappa shape index (κ1) is 14.2. The molecule has 5 heteroatoms. The molecule has 0 aliphatic carbocycles. The van der Waals surface area contributed by atoms with Crippen LogP contribution in [0.2, 0.25) is 10.0 Å². The van der Waals surface area contributed by atoms with Gasteiger partial charge in [0.25, 0.3) is 0 Å². The number of aromatic nitrogens is 2. The smallest absolute Gasteiger partial charge is 0.139 e. The van der Waals surface area contributed by atoms with Crippen molar-refractivity contribution in [2.75, 3.05) is 0 Å². The summed E-state index contributed by atoms with van der Waals surface area (Å²) < 4.78 is 7.58. The Balaban J connectivity index is 2.02. The lowest BCUT2D eigenvalue weighted by Gasteiger charge is -2.09. The highest BCUT2D eigenvalue weighted by Gasteiger charge is 2.07. The molecule has 102 valence electrons. The minimum atomic E-state index is 0.378. The molecule has 19 heavy (non-hydrogen) atoms. The molecule has 0 radical (unpaired) electrons. The zero-order valence-electron chi connectivity index (χ0n) is 10.9. The molecule has 0 spiro atoms. The Morgan fingerprint density at radius 3 is 2.84 bits per heavy atom. The molecule has 3 nitrogen and oxygen atoms in total. The summed E-state index contributed by atoms with van der Waals surface area (Å²) in [4.78, 5) is 0. The number of benzene rings is 1. The number of halogens is 2. The predicted octanol–water partition coefficient (Wildman–Crippen LogP) is 4.74. The molecule has 2 rings (SSSR count). The van der Waals surface area contributed by atoms with Crippen molar-refractivity contribution in [3.8, 4) is 5.75 Å². The van der Waals surface area contributed by atoms with Crippen molar-refractivity contribution in [3.63, 3.8) is 0 Å². The molecule has 0 saturated heterocycles. The minimum Gasteiger partial charge on any atom is -0.486 e. The average Bonchev–Trinajstić information content (AvgIpc) is 2.88. The van der Waals surface area contributed by atoms with Crippen LogP contribution >= 0.6 is 23.2 Å². The Morgan fingerprint density at radius 2 is 2.11 bits per heavy atom. The normalized spacial score (nSPS) is 12.4. The monoisotopic (exact) mass is 298 g/mol. The highest BCUT2D eigenvalue weighted by Crippen LogP contribution is 2.28. The van der Waals surface area contributed by atoms with Gasteiger partial charge in [0, 0.05) is 23.3 Å². The molecule has 0 N–H and O–H groups in total. The van der Waals surface area contributed by atoms with Gasteiger partial charge in [-0.2, -0.15) is 5.10 Å². The zero-order valence-corrected chi connectivity index (χ0v) is 12.4. The number of ether oxygens (including phenoxy) is 1. The predicted molar refractivity (Wildman–Crippen MR) is 78.0 cm³/mol. The van der Waals surface area contributed by atoms with Gasteiger partial charge in [0.2, 0.25) is 0 Å². The maximum Gasteiger partial charge on any atom is 0.139 e. The summed E-state index contributed by atoms with van der Waals surface area (Å²) in [6, 6.07) is 7.49. The Labute approximate surface area is 123 Å². The third kappa shape index (κ3) is 3.64. The van der Waals surface area contributed by atoms with E-state index in [2.05, 4.69) is 18.9 Å². The van der Waals surface area contributed by atoms with Crippen molar-refractivity contribution >= 4 is 23.2 Å². The zero-order chi connectivity index (χ0) is 13.8. The maximum absolute atomic E-state index is 6.03. The molecule has 1 aromatic heterocycles. The number of hydrogen-bond acceptors (Lipinski definition) is 2. The summed E-state index contributed by atoms with van der Waals surface area (Å²) in [6.45, 7) is 4.64. The topological polar surface area (TPSA) is 27.1 Å². The fourth-order valence-corrected chi connectivity index (χ4v) is 1.96. The molecular weight excluding hydrogens is 283 g/mol. The van der Waals surface area contributed by atoms with Crippen LogP contribution in [-0.2, 0) is 6.61 Å². The van der Waals surface area contributed by atoms with Crippen molar-refractivity contribution in [2.24, 2.45) is 0 Å². The lowest BCUT2D eigenvalue weighted by atomic mass is 10.3. The molecule has 0 aliphatic heterocycles. The molecule has 0 amide bonds. The first-order valence-corrected chi connectivity index (χ1v) is 6.97. The molecule has 0 saturated carbocycles. The fraction of sp³-hybridized carbons (Fsp3) is 0.357. The van der Waals surface area contributed by atoms with E-state index < -0.39 is 0 Å². The second kappa shape index (κ2) is 6.31. The van der Waals surface area contributed by atoms with Crippen molar-refractivity contribution < 1.29 is 4.74 Å². The Kier molecular flexibility index (Phi) is 4.72. The first-order valence-electron chi connectivity index (χ1n) is 6.22. The largest absolute Gasteiger partial charge is 0.486 e. The van der Waals surface area contributed by atoms with Crippen LogP contribution in [0.15, 0.2) is 30.5 Å². The molecule has 0 bridgehead atoms. The summed E-state index contributed by atoms with van der Waals surface area (Å²) in [6.07, 6.45) is 3.01. The van der Waals surface area contributed by atoms with Crippen LogP contribution in [0.3, 0.4) is 0 Å². The Hall–Kier alpha value is -1.19. The van der Waals surface area contributed by atoms with Gasteiger partial charge in [-0.25, -0.2) is 0 Å². The second-order valence-corrected chi connectivity index (χ2v) is 5.25. The van der Waals surface area contributed by atoms with E-state index in [-0.39, 0.29) is 0 Å². The van der Waals surface area contributed by atoms with Gasteiger partial charge in [-0.15, -0.1) is 0 Å². The lowest BCUT2D eigenvalue weighted by Crippen LogP contribution is -2.05. The van der Waals surface area contributed by atoms with Crippen LogP contribution in [0.1, 0.15) is 32.0 Å². The minimum absolute atomic E-state index is 0.378. The van der Waals surface area contributed by atoms with Crippen molar-refractivity contribution in [3.05, 3.63) is 46.2 Å². The summed E-state index contributed by atoms with van der Waals surface area (Å²) in [5.74, 6) is 0.576. The Bertz CT molecular complexity index is 554. The highest BCUT2D eigenvalue weighted by molar-refractivity contribution is 6.34. The molecule has 1 atom stereocenters. The van der Waals surface area contributed by atoms with Crippen molar-refractivity contribution in [2.45, 2.75) is 32.9 Å². The highest BCUT2D eigenvalue weighted by atomic mass is 35.5. The van der Waals surface area contributed by atoms with E-state index in [1.807, 2.05) is 16.9 Å². The summed E-state index contributed by atoms with van der Waals surface area (Å²) in [5, 5.41) is 5.61. The van der Waals surface area contributed by atoms with E-state index >= 15 is 0 Å². The van der Waals surface area contributed by atoms with Crippen LogP contribution in [-0.4, -0.2) is 9.78 Å². The van der Waals surface area contributed by atoms with E-state index in [4.69, 9.17) is 27.9 Å². The van der Waals surface area contributed by atoms with Gasteiger partial charge in [-0.3, -0.25) is 4.68 Å². The standard InChI is InChI=1S/C14H16Cl2N2O/c1-3-10(2)18-7-6-12(17-18)9-19-14-8-11(15)4-5-13(14)16/h4-8,10H,3,9H2,1-2H3. The van der Waals surface area contributed by atoms with E-state index in [1.165, 1.54) is 0 Å². The molecule has 0 aliphatic rings. The quantitative estimate of drug-likeness (QED) is 0.797. The van der Waals surface area contributed by atoms with Gasteiger partial charge in [-0.05, 0) is 31.5 Å². The number of rotatable bonds is 5. The van der Waals surface area contributed by atoms with Gasteiger partial charge >= 0.3 is 0 Å². The molecular formula is C14H16Cl2N2O. The third-order valence-corrected chi connectivity index (χ3v) is 3.52. The third-order valence-electron chi connectivity index (χ3n) is 2.97.